The van der Waals surface area contributed by atoms with Gasteiger partial charge < -0.3 is 24.6 Å². The fourth-order valence-corrected chi connectivity index (χ4v) is 2.98. The van der Waals surface area contributed by atoms with Crippen molar-refractivity contribution in [3.05, 3.63) is 52.6 Å². The van der Waals surface area contributed by atoms with E-state index in [2.05, 4.69) is 5.32 Å². The van der Waals surface area contributed by atoms with E-state index in [0.717, 1.165) is 5.56 Å². The van der Waals surface area contributed by atoms with Crippen molar-refractivity contribution < 1.29 is 28.9 Å². The minimum Gasteiger partial charge on any atom is -0.497 e. The number of carbonyl (C=O) groups excluding carboxylic acids is 1. The first-order chi connectivity index (χ1) is 13.3. The summed E-state index contributed by atoms with van der Waals surface area (Å²) in [4.78, 5) is 23.5. The zero-order chi connectivity index (χ0) is 20.8. The number of hydrogen-bond acceptors (Lipinski definition) is 5. The maximum absolute atomic E-state index is 12.7. The monoisotopic (exact) mass is 387 g/mol. The van der Waals surface area contributed by atoms with Crippen LogP contribution in [-0.4, -0.2) is 37.8 Å². The summed E-state index contributed by atoms with van der Waals surface area (Å²) in [5, 5.41) is 11.7. The minimum absolute atomic E-state index is 0.256. The van der Waals surface area contributed by atoms with Crippen LogP contribution in [0.15, 0.2) is 30.3 Å². The summed E-state index contributed by atoms with van der Waals surface area (Å²) in [5.41, 5.74) is 2.65. The van der Waals surface area contributed by atoms with Crippen LogP contribution in [0.25, 0.3) is 0 Å². The Kier molecular flexibility index (Phi) is 6.87. The molecule has 7 heteroatoms. The van der Waals surface area contributed by atoms with Gasteiger partial charge in [0.25, 0.3) is 5.91 Å². The van der Waals surface area contributed by atoms with Crippen LogP contribution < -0.4 is 19.5 Å². The van der Waals surface area contributed by atoms with Gasteiger partial charge >= 0.3 is 5.97 Å². The number of aliphatic carboxylic acids is 1. The van der Waals surface area contributed by atoms with E-state index >= 15 is 0 Å². The predicted molar refractivity (Wildman–Crippen MR) is 104 cm³/mol. The molecule has 0 aliphatic rings. The Hall–Kier alpha value is -3.22. The van der Waals surface area contributed by atoms with Crippen molar-refractivity contribution in [1.29, 1.82) is 0 Å². The number of carbonyl (C=O) groups is 2. The normalized spacial score (nSPS) is 11.5. The van der Waals surface area contributed by atoms with Crippen LogP contribution >= 0.6 is 0 Å². The van der Waals surface area contributed by atoms with Crippen molar-refractivity contribution >= 4 is 11.9 Å². The van der Waals surface area contributed by atoms with Crippen LogP contribution in [0.5, 0.6) is 17.2 Å². The zero-order valence-corrected chi connectivity index (χ0v) is 16.7. The van der Waals surface area contributed by atoms with Gasteiger partial charge in [-0.15, -0.1) is 0 Å². The summed E-state index contributed by atoms with van der Waals surface area (Å²) in [6, 6.07) is 8.44. The topological polar surface area (TPSA) is 94.1 Å². The van der Waals surface area contributed by atoms with Gasteiger partial charge in [-0.25, -0.2) is 4.79 Å². The highest BCUT2D eigenvalue weighted by Crippen LogP contribution is 2.30. The third-order valence-electron chi connectivity index (χ3n) is 4.31. The molecule has 1 amide bonds. The molecule has 2 aromatic carbocycles. The van der Waals surface area contributed by atoms with Crippen LogP contribution in [0.4, 0.5) is 0 Å². The predicted octanol–water partition coefficient (Wildman–Crippen LogP) is 3.28. The summed E-state index contributed by atoms with van der Waals surface area (Å²) >= 11 is 0. The van der Waals surface area contributed by atoms with E-state index in [0.29, 0.717) is 33.9 Å². The lowest BCUT2D eigenvalue weighted by molar-refractivity contribution is -0.139. The molecule has 2 rings (SSSR count). The van der Waals surface area contributed by atoms with Crippen molar-refractivity contribution in [2.24, 2.45) is 0 Å². The number of rotatable bonds is 8. The first-order valence-electron chi connectivity index (χ1n) is 8.75. The molecule has 0 saturated heterocycles. The standard InChI is InChI=1S/C21H25NO6/c1-12-8-15(9-13(2)20(12)28-11-19(23)24)21(25)22-14(3)17-10-16(26-4)6-7-18(17)27-5/h6-10,14H,11H2,1-5H3,(H,22,25)(H,23,24). The molecule has 0 aliphatic heterocycles. The lowest BCUT2D eigenvalue weighted by Gasteiger charge is -2.19. The second-order valence-electron chi connectivity index (χ2n) is 6.42. The Morgan fingerprint density at radius 2 is 1.71 bits per heavy atom. The molecule has 2 aromatic rings. The molecular formula is C21H25NO6. The highest BCUT2D eigenvalue weighted by Gasteiger charge is 2.18. The number of aryl methyl sites for hydroxylation is 2. The maximum Gasteiger partial charge on any atom is 0.341 e. The fourth-order valence-electron chi connectivity index (χ4n) is 2.98. The second-order valence-corrected chi connectivity index (χ2v) is 6.42. The summed E-state index contributed by atoms with van der Waals surface area (Å²) in [6.07, 6.45) is 0. The average molecular weight is 387 g/mol. The van der Waals surface area contributed by atoms with E-state index in [1.54, 1.807) is 52.3 Å². The summed E-state index contributed by atoms with van der Waals surface area (Å²) in [6.45, 7) is 4.98. The van der Waals surface area contributed by atoms with Gasteiger partial charge in [-0.2, -0.15) is 0 Å². The molecule has 0 bridgehead atoms. The quantitative estimate of drug-likeness (QED) is 0.722. The van der Waals surface area contributed by atoms with Crippen molar-refractivity contribution in [1.82, 2.24) is 5.32 Å². The van der Waals surface area contributed by atoms with Gasteiger partial charge in [0.2, 0.25) is 0 Å². The van der Waals surface area contributed by atoms with Crippen LogP contribution in [0, 0.1) is 13.8 Å². The van der Waals surface area contributed by atoms with Gasteiger partial charge in [-0.05, 0) is 62.2 Å². The van der Waals surface area contributed by atoms with E-state index in [9.17, 15) is 9.59 Å². The number of amides is 1. The smallest absolute Gasteiger partial charge is 0.341 e. The molecule has 1 atom stereocenters. The SMILES string of the molecule is COc1ccc(OC)c(C(C)NC(=O)c2cc(C)c(OCC(=O)O)c(C)c2)c1. The second kappa shape index (κ2) is 9.12. The van der Waals surface area contributed by atoms with Crippen LogP contribution in [0.1, 0.15) is 40.0 Å². The molecule has 28 heavy (non-hydrogen) atoms. The van der Waals surface area contributed by atoms with Gasteiger partial charge in [0.15, 0.2) is 6.61 Å². The molecule has 2 N–H and O–H groups in total. The number of hydrogen-bond donors (Lipinski definition) is 2. The van der Waals surface area contributed by atoms with Crippen molar-refractivity contribution in [2.75, 3.05) is 20.8 Å². The Morgan fingerprint density at radius 1 is 1.07 bits per heavy atom. The van der Waals surface area contributed by atoms with Crippen molar-refractivity contribution in [2.45, 2.75) is 26.8 Å². The van der Waals surface area contributed by atoms with Crippen LogP contribution in [0.3, 0.4) is 0 Å². The average Bonchev–Trinajstić information content (AvgIpc) is 2.66. The van der Waals surface area contributed by atoms with E-state index in [-0.39, 0.29) is 11.9 Å². The van der Waals surface area contributed by atoms with Crippen LogP contribution in [0.2, 0.25) is 0 Å². The van der Waals surface area contributed by atoms with Gasteiger partial charge in [0.1, 0.15) is 17.2 Å². The first kappa shape index (κ1) is 21.1. The highest BCUT2D eigenvalue weighted by molar-refractivity contribution is 5.95. The number of ether oxygens (including phenoxy) is 3. The Balaban J connectivity index is 2.22. The third-order valence-corrected chi connectivity index (χ3v) is 4.31. The van der Waals surface area contributed by atoms with Gasteiger partial charge in [0.05, 0.1) is 20.3 Å². The molecule has 7 nitrogen and oxygen atoms in total. The lowest BCUT2D eigenvalue weighted by Crippen LogP contribution is -2.27. The first-order valence-corrected chi connectivity index (χ1v) is 8.75. The van der Waals surface area contributed by atoms with E-state index < -0.39 is 12.6 Å². The number of methoxy groups -OCH3 is 2. The molecule has 0 heterocycles. The lowest BCUT2D eigenvalue weighted by atomic mass is 10.0. The molecular weight excluding hydrogens is 362 g/mol. The minimum atomic E-state index is -1.05. The molecule has 0 aliphatic carbocycles. The van der Waals surface area contributed by atoms with Gasteiger partial charge in [-0.3, -0.25) is 4.79 Å². The molecule has 0 saturated carbocycles. The van der Waals surface area contributed by atoms with E-state index in [1.165, 1.54) is 0 Å². The van der Waals surface area contributed by atoms with Crippen LogP contribution in [-0.2, 0) is 4.79 Å². The number of carboxylic acid groups (broad SMARTS) is 1. The van der Waals surface area contributed by atoms with E-state index in [4.69, 9.17) is 19.3 Å². The number of benzene rings is 2. The Labute approximate surface area is 164 Å². The largest absolute Gasteiger partial charge is 0.497 e. The third kappa shape index (κ3) is 4.94. The maximum atomic E-state index is 12.7. The molecule has 0 aromatic heterocycles. The molecule has 1 unspecified atom stereocenters. The number of nitrogens with one attached hydrogen (secondary N) is 1. The van der Waals surface area contributed by atoms with Gasteiger partial charge in [0, 0.05) is 11.1 Å². The summed E-state index contributed by atoms with van der Waals surface area (Å²) in [7, 11) is 3.15. The van der Waals surface area contributed by atoms with E-state index in [1.807, 2.05) is 13.0 Å². The molecule has 0 spiro atoms. The Morgan fingerprint density at radius 3 is 2.25 bits per heavy atom. The molecule has 0 radical (unpaired) electrons. The van der Waals surface area contributed by atoms with Gasteiger partial charge in [-0.1, -0.05) is 0 Å². The Bertz CT molecular complexity index is 854. The zero-order valence-electron chi connectivity index (χ0n) is 16.7. The summed E-state index contributed by atoms with van der Waals surface area (Å²) < 4.78 is 15.9. The highest BCUT2D eigenvalue weighted by atomic mass is 16.5. The van der Waals surface area contributed by atoms with Crippen molar-refractivity contribution in [3.63, 3.8) is 0 Å². The molecule has 0 fully saturated rings. The fraction of sp³-hybridized carbons (Fsp3) is 0.333. The van der Waals surface area contributed by atoms with Crippen molar-refractivity contribution in [3.8, 4) is 17.2 Å². The number of carboxylic acids is 1. The molecule has 150 valence electrons. The summed E-state index contributed by atoms with van der Waals surface area (Å²) in [5.74, 6) is 0.485.